The lowest BCUT2D eigenvalue weighted by Gasteiger charge is -2.32. The van der Waals surface area contributed by atoms with Crippen molar-refractivity contribution in [2.75, 3.05) is 26.2 Å². The first-order chi connectivity index (χ1) is 14.6. The van der Waals surface area contributed by atoms with Crippen molar-refractivity contribution < 1.29 is 19.1 Å². The van der Waals surface area contributed by atoms with Crippen LogP contribution in [0.1, 0.15) is 40.5 Å². The number of carbonyl (C=O) groups excluding carboxylic acids is 3. The average molecular weight is 409 g/mol. The molecule has 1 saturated heterocycles. The molecule has 0 bridgehead atoms. The first-order valence-electron chi connectivity index (χ1n) is 10.2. The summed E-state index contributed by atoms with van der Waals surface area (Å²) in [5.41, 5.74) is 1.11. The van der Waals surface area contributed by atoms with Gasteiger partial charge < -0.3 is 20.3 Å². The van der Waals surface area contributed by atoms with Crippen LogP contribution in [0.5, 0.6) is 5.75 Å². The SMILES string of the molecule is CCOc1ccc(C(=O)NC2CCN(C(=O)CNC(=O)c3ccccc3)CC2)cc1. The van der Waals surface area contributed by atoms with Gasteiger partial charge in [0.15, 0.2) is 0 Å². The number of hydrogen-bond donors (Lipinski definition) is 2. The molecule has 2 aromatic rings. The van der Waals surface area contributed by atoms with E-state index in [1.165, 1.54) is 0 Å². The fourth-order valence-electron chi connectivity index (χ4n) is 3.37. The van der Waals surface area contributed by atoms with E-state index in [1.54, 1.807) is 53.4 Å². The minimum Gasteiger partial charge on any atom is -0.494 e. The summed E-state index contributed by atoms with van der Waals surface area (Å²) in [4.78, 5) is 38.6. The molecule has 158 valence electrons. The van der Waals surface area contributed by atoms with Gasteiger partial charge in [0.1, 0.15) is 5.75 Å². The Bertz CT molecular complexity index is 860. The van der Waals surface area contributed by atoms with Gasteiger partial charge >= 0.3 is 0 Å². The minimum atomic E-state index is -0.263. The molecular weight excluding hydrogens is 382 g/mol. The monoisotopic (exact) mass is 409 g/mol. The van der Waals surface area contributed by atoms with E-state index in [1.807, 2.05) is 13.0 Å². The molecular formula is C23H27N3O4. The standard InChI is InChI=1S/C23H27N3O4/c1-2-30-20-10-8-18(9-11-20)23(29)25-19-12-14-26(15-13-19)21(27)16-24-22(28)17-6-4-3-5-7-17/h3-11,19H,2,12-16H2,1H3,(H,24,28)(H,25,29). The second-order valence-electron chi connectivity index (χ2n) is 7.13. The lowest BCUT2D eigenvalue weighted by molar-refractivity contribution is -0.131. The predicted molar refractivity (Wildman–Crippen MR) is 113 cm³/mol. The van der Waals surface area contributed by atoms with Crippen LogP contribution < -0.4 is 15.4 Å². The van der Waals surface area contributed by atoms with Crippen molar-refractivity contribution in [3.63, 3.8) is 0 Å². The van der Waals surface area contributed by atoms with Gasteiger partial charge in [0.25, 0.3) is 11.8 Å². The zero-order chi connectivity index (χ0) is 21.3. The zero-order valence-electron chi connectivity index (χ0n) is 17.1. The third kappa shape index (κ3) is 5.83. The van der Waals surface area contributed by atoms with E-state index in [9.17, 15) is 14.4 Å². The Morgan fingerprint density at radius 1 is 0.933 bits per heavy atom. The van der Waals surface area contributed by atoms with Crippen molar-refractivity contribution in [3.8, 4) is 5.75 Å². The highest BCUT2D eigenvalue weighted by Crippen LogP contribution is 2.14. The number of carbonyl (C=O) groups is 3. The van der Waals surface area contributed by atoms with Crippen LogP contribution in [-0.4, -0.2) is 54.9 Å². The molecule has 0 spiro atoms. The van der Waals surface area contributed by atoms with Crippen LogP contribution in [0.4, 0.5) is 0 Å². The van der Waals surface area contributed by atoms with Gasteiger partial charge in [-0.3, -0.25) is 14.4 Å². The number of amides is 3. The highest BCUT2D eigenvalue weighted by Gasteiger charge is 2.24. The second kappa shape index (κ2) is 10.4. The Morgan fingerprint density at radius 2 is 1.57 bits per heavy atom. The molecule has 7 nitrogen and oxygen atoms in total. The van der Waals surface area contributed by atoms with Gasteiger partial charge in [0.2, 0.25) is 5.91 Å². The molecule has 3 rings (SSSR count). The minimum absolute atomic E-state index is 0.0204. The quantitative estimate of drug-likeness (QED) is 0.734. The number of hydrogen-bond acceptors (Lipinski definition) is 4. The van der Waals surface area contributed by atoms with Crippen molar-refractivity contribution in [3.05, 3.63) is 65.7 Å². The van der Waals surface area contributed by atoms with E-state index >= 15 is 0 Å². The van der Waals surface area contributed by atoms with Gasteiger partial charge in [0, 0.05) is 30.3 Å². The molecule has 0 saturated carbocycles. The largest absolute Gasteiger partial charge is 0.494 e. The fourth-order valence-corrected chi connectivity index (χ4v) is 3.37. The molecule has 2 aromatic carbocycles. The summed E-state index contributed by atoms with van der Waals surface area (Å²) in [5, 5.41) is 5.69. The van der Waals surface area contributed by atoms with Crippen molar-refractivity contribution in [1.82, 2.24) is 15.5 Å². The predicted octanol–water partition coefficient (Wildman–Crippen LogP) is 2.24. The normalized spacial score (nSPS) is 14.1. The summed E-state index contributed by atoms with van der Waals surface area (Å²) in [6.45, 7) is 3.56. The van der Waals surface area contributed by atoms with E-state index in [-0.39, 0.29) is 30.3 Å². The van der Waals surface area contributed by atoms with Crippen LogP contribution in [0.15, 0.2) is 54.6 Å². The van der Waals surface area contributed by atoms with Crippen LogP contribution in [0.2, 0.25) is 0 Å². The topological polar surface area (TPSA) is 87.7 Å². The average Bonchev–Trinajstić information content (AvgIpc) is 2.79. The molecule has 1 fully saturated rings. The summed E-state index contributed by atoms with van der Waals surface area (Å²) in [6, 6.07) is 15.9. The lowest BCUT2D eigenvalue weighted by Crippen LogP contribution is -2.49. The molecule has 1 aliphatic rings. The third-order valence-electron chi connectivity index (χ3n) is 5.05. The van der Waals surface area contributed by atoms with Crippen molar-refractivity contribution in [2.45, 2.75) is 25.8 Å². The molecule has 0 aliphatic carbocycles. The summed E-state index contributed by atoms with van der Waals surface area (Å²) in [5.74, 6) is 0.232. The van der Waals surface area contributed by atoms with Gasteiger partial charge in [-0.05, 0) is 56.2 Å². The molecule has 30 heavy (non-hydrogen) atoms. The Labute approximate surface area is 176 Å². The smallest absolute Gasteiger partial charge is 0.251 e. The highest BCUT2D eigenvalue weighted by atomic mass is 16.5. The van der Waals surface area contributed by atoms with Gasteiger partial charge in [-0.25, -0.2) is 0 Å². The Kier molecular flexibility index (Phi) is 7.43. The Morgan fingerprint density at radius 3 is 2.20 bits per heavy atom. The van der Waals surface area contributed by atoms with E-state index in [2.05, 4.69) is 10.6 Å². The molecule has 7 heteroatoms. The van der Waals surface area contributed by atoms with E-state index in [0.717, 1.165) is 5.75 Å². The maximum Gasteiger partial charge on any atom is 0.251 e. The maximum absolute atomic E-state index is 12.4. The Balaban J connectivity index is 1.41. The summed E-state index contributed by atoms with van der Waals surface area (Å²) in [7, 11) is 0. The number of rotatable bonds is 7. The number of piperidine rings is 1. The van der Waals surface area contributed by atoms with Gasteiger partial charge in [-0.1, -0.05) is 18.2 Å². The molecule has 0 aromatic heterocycles. The number of nitrogens with one attached hydrogen (secondary N) is 2. The summed E-state index contributed by atoms with van der Waals surface area (Å²) < 4.78 is 5.39. The molecule has 1 heterocycles. The lowest BCUT2D eigenvalue weighted by atomic mass is 10.0. The van der Waals surface area contributed by atoms with Crippen molar-refractivity contribution in [1.29, 1.82) is 0 Å². The maximum atomic E-state index is 12.4. The molecule has 0 atom stereocenters. The van der Waals surface area contributed by atoms with Gasteiger partial charge in [-0.15, -0.1) is 0 Å². The first kappa shape index (κ1) is 21.4. The zero-order valence-corrected chi connectivity index (χ0v) is 17.1. The van der Waals surface area contributed by atoms with E-state index in [0.29, 0.717) is 43.7 Å². The van der Waals surface area contributed by atoms with Gasteiger partial charge in [0.05, 0.1) is 13.2 Å². The molecule has 1 aliphatic heterocycles. The Hall–Kier alpha value is -3.35. The molecule has 0 radical (unpaired) electrons. The third-order valence-corrected chi connectivity index (χ3v) is 5.05. The number of likely N-dealkylation sites (tertiary alicyclic amines) is 1. The number of benzene rings is 2. The number of ether oxygens (including phenoxy) is 1. The number of nitrogens with zero attached hydrogens (tertiary/aromatic N) is 1. The molecule has 0 unspecified atom stereocenters. The van der Waals surface area contributed by atoms with Crippen LogP contribution >= 0.6 is 0 Å². The van der Waals surface area contributed by atoms with Crippen LogP contribution in [0.3, 0.4) is 0 Å². The van der Waals surface area contributed by atoms with Crippen molar-refractivity contribution in [2.24, 2.45) is 0 Å². The van der Waals surface area contributed by atoms with Gasteiger partial charge in [-0.2, -0.15) is 0 Å². The van der Waals surface area contributed by atoms with Crippen LogP contribution in [-0.2, 0) is 4.79 Å². The van der Waals surface area contributed by atoms with E-state index < -0.39 is 0 Å². The molecule has 2 N–H and O–H groups in total. The summed E-state index contributed by atoms with van der Waals surface area (Å²) in [6.07, 6.45) is 1.36. The van der Waals surface area contributed by atoms with E-state index in [4.69, 9.17) is 4.74 Å². The summed E-state index contributed by atoms with van der Waals surface area (Å²) >= 11 is 0. The fraction of sp³-hybridized carbons (Fsp3) is 0.348. The molecule has 3 amide bonds. The van der Waals surface area contributed by atoms with Crippen LogP contribution in [0.25, 0.3) is 0 Å². The van der Waals surface area contributed by atoms with Crippen molar-refractivity contribution >= 4 is 17.7 Å². The first-order valence-corrected chi connectivity index (χ1v) is 10.2. The highest BCUT2D eigenvalue weighted by molar-refractivity contribution is 5.96. The second-order valence-corrected chi connectivity index (χ2v) is 7.13. The van der Waals surface area contributed by atoms with Crippen LogP contribution in [0, 0.1) is 0 Å².